The first-order valence-electron chi connectivity index (χ1n) is 5.91. The number of carbonyl (C=O) groups is 1. The third-order valence-corrected chi connectivity index (χ3v) is 3.59. The van der Waals surface area contributed by atoms with Crippen LogP contribution in [0.3, 0.4) is 0 Å². The molecule has 2 atom stereocenters. The fourth-order valence-electron chi connectivity index (χ4n) is 2.79. The molecule has 0 spiro atoms. The zero-order valence-electron chi connectivity index (χ0n) is 9.34. The normalized spacial score (nSPS) is 35.7. The summed E-state index contributed by atoms with van der Waals surface area (Å²) < 4.78 is 5.22. The Kier molecular flexibility index (Phi) is 3.26. The Balaban J connectivity index is 2.14. The van der Waals surface area contributed by atoms with Crippen LogP contribution in [-0.2, 0) is 9.53 Å². The molecule has 15 heavy (non-hydrogen) atoms. The predicted molar refractivity (Wildman–Crippen MR) is 57.6 cm³/mol. The molecule has 86 valence electrons. The molecule has 0 aromatic heterocycles. The first-order chi connectivity index (χ1) is 7.29. The summed E-state index contributed by atoms with van der Waals surface area (Å²) in [4.78, 5) is 12.1. The standard InChI is InChI=1S/C11H20N2O2/c1-2-15-10(14)11-5-3-6-13-9(11)4-7-12-8-11/h9,12-13H,2-8H2,1H3/t9-,11-/m0/s1. The molecule has 4 heteroatoms. The fraction of sp³-hybridized carbons (Fsp3) is 0.909. The predicted octanol–water partition coefficient (Wildman–Crippen LogP) is 0.281. The van der Waals surface area contributed by atoms with Crippen LogP contribution in [0.1, 0.15) is 26.2 Å². The molecule has 2 aliphatic heterocycles. The molecule has 2 heterocycles. The van der Waals surface area contributed by atoms with E-state index in [2.05, 4.69) is 10.6 Å². The van der Waals surface area contributed by atoms with Crippen LogP contribution in [0.4, 0.5) is 0 Å². The van der Waals surface area contributed by atoms with E-state index < -0.39 is 0 Å². The van der Waals surface area contributed by atoms with Crippen LogP contribution in [0.2, 0.25) is 0 Å². The van der Waals surface area contributed by atoms with Gasteiger partial charge in [-0.1, -0.05) is 0 Å². The highest BCUT2D eigenvalue weighted by molar-refractivity contribution is 5.78. The molecule has 4 nitrogen and oxygen atoms in total. The first-order valence-corrected chi connectivity index (χ1v) is 5.91. The first kappa shape index (κ1) is 10.9. The van der Waals surface area contributed by atoms with Crippen molar-refractivity contribution in [3.63, 3.8) is 0 Å². The monoisotopic (exact) mass is 212 g/mol. The number of hydrogen-bond donors (Lipinski definition) is 2. The number of piperidine rings is 2. The van der Waals surface area contributed by atoms with Crippen LogP contribution in [0.5, 0.6) is 0 Å². The summed E-state index contributed by atoms with van der Waals surface area (Å²) in [6.45, 7) is 5.15. The van der Waals surface area contributed by atoms with E-state index in [1.807, 2.05) is 6.92 Å². The smallest absolute Gasteiger partial charge is 0.314 e. The summed E-state index contributed by atoms with van der Waals surface area (Å²) in [5.74, 6) is -0.0191. The second-order valence-electron chi connectivity index (χ2n) is 4.45. The van der Waals surface area contributed by atoms with Gasteiger partial charge in [-0.05, 0) is 39.3 Å². The van der Waals surface area contributed by atoms with Gasteiger partial charge in [0, 0.05) is 12.6 Å². The van der Waals surface area contributed by atoms with Gasteiger partial charge in [-0.2, -0.15) is 0 Å². The summed E-state index contributed by atoms with van der Waals surface area (Å²) in [6, 6.07) is 0.312. The van der Waals surface area contributed by atoms with Crippen molar-refractivity contribution in [3.05, 3.63) is 0 Å². The molecule has 2 saturated heterocycles. The molecule has 0 saturated carbocycles. The van der Waals surface area contributed by atoms with E-state index in [-0.39, 0.29) is 11.4 Å². The summed E-state index contributed by atoms with van der Waals surface area (Å²) in [7, 11) is 0. The Morgan fingerprint density at radius 1 is 1.53 bits per heavy atom. The maximum absolute atomic E-state index is 12.1. The molecular formula is C11H20N2O2. The van der Waals surface area contributed by atoms with Crippen molar-refractivity contribution in [1.29, 1.82) is 0 Å². The molecule has 0 radical (unpaired) electrons. The van der Waals surface area contributed by atoms with E-state index in [0.29, 0.717) is 12.6 Å². The van der Waals surface area contributed by atoms with E-state index >= 15 is 0 Å². The Bertz CT molecular complexity index is 231. The van der Waals surface area contributed by atoms with E-state index in [4.69, 9.17) is 4.74 Å². The zero-order chi connectivity index (χ0) is 10.7. The lowest BCUT2D eigenvalue weighted by Gasteiger charge is -2.45. The summed E-state index contributed by atoms with van der Waals surface area (Å²) in [5.41, 5.74) is -0.299. The summed E-state index contributed by atoms with van der Waals surface area (Å²) >= 11 is 0. The van der Waals surface area contributed by atoms with Gasteiger partial charge in [-0.25, -0.2) is 0 Å². The fourth-order valence-corrected chi connectivity index (χ4v) is 2.79. The van der Waals surface area contributed by atoms with Crippen LogP contribution in [-0.4, -0.2) is 38.3 Å². The topological polar surface area (TPSA) is 50.4 Å². The summed E-state index contributed by atoms with van der Waals surface area (Å²) in [5, 5.41) is 6.78. The molecule has 2 rings (SSSR count). The molecular weight excluding hydrogens is 192 g/mol. The van der Waals surface area contributed by atoms with E-state index in [1.165, 1.54) is 0 Å². The van der Waals surface area contributed by atoms with E-state index in [0.717, 1.165) is 38.9 Å². The molecule has 0 amide bonds. The molecule has 0 aromatic carbocycles. The van der Waals surface area contributed by atoms with Crippen molar-refractivity contribution in [2.75, 3.05) is 26.2 Å². The number of ether oxygens (including phenoxy) is 1. The molecule has 2 aliphatic rings. The van der Waals surface area contributed by atoms with Crippen molar-refractivity contribution in [2.45, 2.75) is 32.2 Å². The third kappa shape index (κ3) is 1.88. The second-order valence-corrected chi connectivity index (χ2v) is 4.45. The van der Waals surface area contributed by atoms with Gasteiger partial charge in [0.05, 0.1) is 12.0 Å². The minimum absolute atomic E-state index is 0.0191. The van der Waals surface area contributed by atoms with Gasteiger partial charge in [-0.15, -0.1) is 0 Å². The highest BCUT2D eigenvalue weighted by atomic mass is 16.5. The Morgan fingerprint density at radius 3 is 3.20 bits per heavy atom. The minimum Gasteiger partial charge on any atom is -0.465 e. The highest BCUT2D eigenvalue weighted by Crippen LogP contribution is 2.35. The van der Waals surface area contributed by atoms with Crippen molar-refractivity contribution in [2.24, 2.45) is 5.41 Å². The number of fused-ring (bicyclic) bond motifs is 1. The lowest BCUT2D eigenvalue weighted by atomic mass is 9.71. The second kappa shape index (κ2) is 4.49. The Hall–Kier alpha value is -0.610. The lowest BCUT2D eigenvalue weighted by Crippen LogP contribution is -2.62. The average molecular weight is 212 g/mol. The maximum Gasteiger partial charge on any atom is 0.314 e. The van der Waals surface area contributed by atoms with Crippen LogP contribution >= 0.6 is 0 Å². The van der Waals surface area contributed by atoms with Crippen molar-refractivity contribution >= 4 is 5.97 Å². The van der Waals surface area contributed by atoms with E-state index in [9.17, 15) is 4.79 Å². The van der Waals surface area contributed by atoms with E-state index in [1.54, 1.807) is 0 Å². The highest BCUT2D eigenvalue weighted by Gasteiger charge is 2.49. The molecule has 0 aliphatic carbocycles. The SMILES string of the molecule is CCOC(=O)[C@]12CCCN[C@H]1CCNC2. The van der Waals surface area contributed by atoms with Gasteiger partial charge in [0.15, 0.2) is 0 Å². The van der Waals surface area contributed by atoms with Crippen LogP contribution in [0, 0.1) is 5.41 Å². The molecule has 2 N–H and O–H groups in total. The quantitative estimate of drug-likeness (QED) is 0.646. The molecule has 2 fully saturated rings. The van der Waals surface area contributed by atoms with Gasteiger partial charge in [0.1, 0.15) is 0 Å². The zero-order valence-corrected chi connectivity index (χ0v) is 9.34. The van der Waals surface area contributed by atoms with Gasteiger partial charge in [-0.3, -0.25) is 4.79 Å². The van der Waals surface area contributed by atoms with Gasteiger partial charge >= 0.3 is 5.97 Å². The minimum atomic E-state index is -0.299. The maximum atomic E-state index is 12.1. The Morgan fingerprint density at radius 2 is 2.40 bits per heavy atom. The van der Waals surface area contributed by atoms with Crippen molar-refractivity contribution in [3.8, 4) is 0 Å². The number of hydrogen-bond acceptors (Lipinski definition) is 4. The van der Waals surface area contributed by atoms with Gasteiger partial charge in [0.25, 0.3) is 0 Å². The van der Waals surface area contributed by atoms with Crippen LogP contribution < -0.4 is 10.6 Å². The number of nitrogens with one attached hydrogen (secondary N) is 2. The van der Waals surface area contributed by atoms with Crippen LogP contribution in [0.15, 0.2) is 0 Å². The Labute approximate surface area is 90.8 Å². The largest absolute Gasteiger partial charge is 0.465 e. The van der Waals surface area contributed by atoms with Gasteiger partial charge in [0.2, 0.25) is 0 Å². The number of rotatable bonds is 2. The third-order valence-electron chi connectivity index (χ3n) is 3.59. The molecule has 0 unspecified atom stereocenters. The van der Waals surface area contributed by atoms with Crippen molar-refractivity contribution in [1.82, 2.24) is 10.6 Å². The lowest BCUT2D eigenvalue weighted by molar-refractivity contribution is -0.160. The van der Waals surface area contributed by atoms with Crippen LogP contribution in [0.25, 0.3) is 0 Å². The molecule has 0 aromatic rings. The molecule has 0 bridgehead atoms. The number of carbonyl (C=O) groups excluding carboxylic acids is 1. The van der Waals surface area contributed by atoms with Crippen molar-refractivity contribution < 1.29 is 9.53 Å². The number of esters is 1. The van der Waals surface area contributed by atoms with Gasteiger partial charge < -0.3 is 15.4 Å². The average Bonchev–Trinajstić information content (AvgIpc) is 2.29. The summed E-state index contributed by atoms with van der Waals surface area (Å²) in [6.07, 6.45) is 3.05.